The molecule has 0 saturated heterocycles. The van der Waals surface area contributed by atoms with Gasteiger partial charge in [-0.2, -0.15) is 0 Å². The summed E-state index contributed by atoms with van der Waals surface area (Å²) in [5, 5.41) is 0. The predicted molar refractivity (Wildman–Crippen MR) is 66.8 cm³/mol. The molecule has 0 aliphatic heterocycles. The lowest BCUT2D eigenvalue weighted by Gasteiger charge is -2.01. The maximum atomic E-state index is 3.78. The number of fused-ring (bicyclic) bond motifs is 1. The molecule has 0 aromatic heterocycles. The van der Waals surface area contributed by atoms with Crippen LogP contribution in [0, 0.1) is 0 Å². The summed E-state index contributed by atoms with van der Waals surface area (Å²) in [6.07, 6.45) is 9.27. The average molecular weight is 196 g/mol. The molecule has 0 atom stereocenters. The highest BCUT2D eigenvalue weighted by molar-refractivity contribution is 5.64. The van der Waals surface area contributed by atoms with E-state index in [1.54, 1.807) is 0 Å². The normalized spacial score (nSPS) is 13.2. The molecule has 15 heavy (non-hydrogen) atoms. The van der Waals surface area contributed by atoms with Crippen molar-refractivity contribution in [2.75, 3.05) is 0 Å². The molecule has 0 N–H and O–H groups in total. The zero-order valence-electron chi connectivity index (χ0n) is 9.00. The molecule has 0 spiro atoms. The van der Waals surface area contributed by atoms with Crippen LogP contribution in [0.1, 0.15) is 23.1 Å². The molecule has 0 unspecified atom stereocenters. The lowest BCUT2D eigenvalue weighted by Crippen LogP contribution is -1.87. The molecule has 1 aliphatic carbocycles. The second-order valence-electron chi connectivity index (χ2n) is 4.00. The molecule has 0 radical (unpaired) electrons. The first-order chi connectivity index (χ1) is 7.33. The van der Waals surface area contributed by atoms with Crippen molar-refractivity contribution in [3.8, 4) is 0 Å². The minimum Gasteiger partial charge on any atom is -0.103 e. The first-order valence-electron chi connectivity index (χ1n) is 5.36. The fraction of sp³-hybridized carbons (Fsp3) is 0.200. The zero-order valence-corrected chi connectivity index (χ0v) is 9.00. The molecule has 1 aromatic carbocycles. The summed E-state index contributed by atoms with van der Waals surface area (Å²) in [7, 11) is 0. The van der Waals surface area contributed by atoms with E-state index in [-0.39, 0.29) is 0 Å². The van der Waals surface area contributed by atoms with Gasteiger partial charge in [-0.25, -0.2) is 0 Å². The van der Waals surface area contributed by atoms with Gasteiger partial charge in [0.15, 0.2) is 0 Å². The van der Waals surface area contributed by atoms with Crippen molar-refractivity contribution >= 4 is 6.08 Å². The Bertz CT molecular complexity index is 422. The second kappa shape index (κ2) is 4.31. The zero-order chi connectivity index (χ0) is 10.7. The van der Waals surface area contributed by atoms with E-state index in [4.69, 9.17) is 0 Å². The molecule has 1 aromatic rings. The molecule has 76 valence electrons. The molecule has 0 amide bonds. The highest BCUT2D eigenvalue weighted by Gasteiger charge is 2.11. The Kier molecular flexibility index (Phi) is 2.86. The minimum absolute atomic E-state index is 0.956. The van der Waals surface area contributed by atoms with E-state index in [0.29, 0.717) is 0 Å². The third-order valence-electron chi connectivity index (χ3n) is 2.77. The van der Waals surface area contributed by atoms with Crippen molar-refractivity contribution in [2.24, 2.45) is 0 Å². The molecule has 0 bridgehead atoms. The number of benzene rings is 1. The molecule has 0 heterocycles. The van der Waals surface area contributed by atoms with Crippen LogP contribution in [0.3, 0.4) is 0 Å². The van der Waals surface area contributed by atoms with Crippen LogP contribution >= 0.6 is 0 Å². The number of rotatable bonds is 4. The van der Waals surface area contributed by atoms with Crippen LogP contribution in [0.15, 0.2) is 49.1 Å². The topological polar surface area (TPSA) is 0 Å². The molecule has 0 saturated carbocycles. The summed E-state index contributed by atoms with van der Waals surface area (Å²) < 4.78 is 0. The van der Waals surface area contributed by atoms with E-state index in [9.17, 15) is 0 Å². The van der Waals surface area contributed by atoms with Gasteiger partial charge in [0, 0.05) is 0 Å². The summed E-state index contributed by atoms with van der Waals surface area (Å²) in [5.41, 5.74) is 5.64. The SMILES string of the molecule is C=CCC1=Cc2cc(CC=C)ccc2C1. The standard InChI is InChI=1S/C15H16/c1-3-5-12-7-8-14-10-13(6-4-2)11-15(14)9-12/h3-4,7-9,11H,1-2,5-6,10H2. The van der Waals surface area contributed by atoms with E-state index < -0.39 is 0 Å². The van der Waals surface area contributed by atoms with Crippen molar-refractivity contribution in [3.63, 3.8) is 0 Å². The molecule has 2 rings (SSSR count). The number of allylic oxidation sites excluding steroid dienone is 3. The Hall–Kier alpha value is -1.56. The Morgan fingerprint density at radius 2 is 1.93 bits per heavy atom. The summed E-state index contributed by atoms with van der Waals surface area (Å²) in [5.74, 6) is 0. The van der Waals surface area contributed by atoms with Crippen LogP contribution in [-0.4, -0.2) is 0 Å². The van der Waals surface area contributed by atoms with Crippen molar-refractivity contribution in [1.29, 1.82) is 0 Å². The first kappa shape index (κ1) is 9.97. The quantitative estimate of drug-likeness (QED) is 0.640. The molecular formula is C15H16. The highest BCUT2D eigenvalue weighted by atomic mass is 14.2. The molecule has 1 aliphatic rings. The summed E-state index contributed by atoms with van der Waals surface area (Å²) in [6, 6.07) is 6.71. The molecule has 0 heteroatoms. The first-order valence-corrected chi connectivity index (χ1v) is 5.36. The lowest BCUT2D eigenvalue weighted by atomic mass is 10.0. The Morgan fingerprint density at radius 3 is 2.67 bits per heavy atom. The van der Waals surface area contributed by atoms with Crippen LogP contribution in [0.2, 0.25) is 0 Å². The minimum atomic E-state index is 0.956. The van der Waals surface area contributed by atoms with E-state index in [0.717, 1.165) is 19.3 Å². The van der Waals surface area contributed by atoms with Gasteiger partial charge in [0.25, 0.3) is 0 Å². The van der Waals surface area contributed by atoms with E-state index in [2.05, 4.69) is 37.4 Å². The van der Waals surface area contributed by atoms with Crippen molar-refractivity contribution in [1.82, 2.24) is 0 Å². The van der Waals surface area contributed by atoms with Crippen molar-refractivity contribution < 1.29 is 0 Å². The smallest absolute Gasteiger partial charge is 0.00547 e. The summed E-state index contributed by atoms with van der Waals surface area (Å²) in [4.78, 5) is 0. The van der Waals surface area contributed by atoms with Crippen molar-refractivity contribution in [2.45, 2.75) is 19.3 Å². The van der Waals surface area contributed by atoms with Crippen LogP contribution in [0.4, 0.5) is 0 Å². The Labute approximate surface area is 91.6 Å². The largest absolute Gasteiger partial charge is 0.103 e. The van der Waals surface area contributed by atoms with Gasteiger partial charge in [-0.3, -0.25) is 0 Å². The van der Waals surface area contributed by atoms with Gasteiger partial charge < -0.3 is 0 Å². The van der Waals surface area contributed by atoms with Crippen LogP contribution < -0.4 is 0 Å². The van der Waals surface area contributed by atoms with Gasteiger partial charge in [0.1, 0.15) is 0 Å². The molecular weight excluding hydrogens is 180 g/mol. The van der Waals surface area contributed by atoms with Crippen molar-refractivity contribution in [3.05, 3.63) is 65.8 Å². The Balaban J connectivity index is 2.25. The number of hydrogen-bond acceptors (Lipinski definition) is 0. The van der Waals surface area contributed by atoms with Crippen LogP contribution in [0.25, 0.3) is 6.08 Å². The predicted octanol–water partition coefficient (Wildman–Crippen LogP) is 3.93. The molecule has 0 fully saturated rings. The summed E-state index contributed by atoms with van der Waals surface area (Å²) >= 11 is 0. The average Bonchev–Trinajstić information content (AvgIpc) is 2.60. The van der Waals surface area contributed by atoms with E-state index in [1.807, 2.05) is 12.2 Å². The van der Waals surface area contributed by atoms with Gasteiger partial charge in [-0.1, -0.05) is 42.0 Å². The highest BCUT2D eigenvalue weighted by Crippen LogP contribution is 2.27. The van der Waals surface area contributed by atoms with E-state index in [1.165, 1.54) is 22.3 Å². The monoisotopic (exact) mass is 196 g/mol. The van der Waals surface area contributed by atoms with Crippen LogP contribution in [0.5, 0.6) is 0 Å². The van der Waals surface area contributed by atoms with E-state index >= 15 is 0 Å². The lowest BCUT2D eigenvalue weighted by molar-refractivity contribution is 1.11. The van der Waals surface area contributed by atoms with Gasteiger partial charge in [-0.15, -0.1) is 13.2 Å². The van der Waals surface area contributed by atoms with Gasteiger partial charge >= 0.3 is 0 Å². The third-order valence-corrected chi connectivity index (χ3v) is 2.77. The maximum Gasteiger partial charge on any atom is -0.00547 e. The van der Waals surface area contributed by atoms with Gasteiger partial charge in [0.2, 0.25) is 0 Å². The maximum absolute atomic E-state index is 3.78. The van der Waals surface area contributed by atoms with Gasteiger partial charge in [-0.05, 0) is 36.0 Å². The third kappa shape index (κ3) is 2.10. The molecule has 0 nitrogen and oxygen atoms in total. The summed E-state index contributed by atoms with van der Waals surface area (Å²) in [6.45, 7) is 7.55. The fourth-order valence-electron chi connectivity index (χ4n) is 2.07. The van der Waals surface area contributed by atoms with Crippen LogP contribution in [-0.2, 0) is 12.8 Å². The van der Waals surface area contributed by atoms with Gasteiger partial charge in [0.05, 0.1) is 0 Å². The number of hydrogen-bond donors (Lipinski definition) is 0. The Morgan fingerprint density at radius 1 is 1.13 bits per heavy atom. The fourth-order valence-corrected chi connectivity index (χ4v) is 2.07. The second-order valence-corrected chi connectivity index (χ2v) is 4.00.